The molecule has 2 amide bonds. The van der Waals surface area contributed by atoms with Crippen LogP contribution in [-0.4, -0.2) is 51.2 Å². The van der Waals surface area contributed by atoms with Crippen molar-refractivity contribution in [1.29, 1.82) is 0 Å². The second-order valence-corrected chi connectivity index (χ2v) is 11.8. The molecule has 0 fully saturated rings. The third-order valence-electron chi connectivity index (χ3n) is 7.57. The van der Waals surface area contributed by atoms with Crippen LogP contribution in [0.25, 0.3) is 5.65 Å². The van der Waals surface area contributed by atoms with Crippen LogP contribution in [0.2, 0.25) is 0 Å². The van der Waals surface area contributed by atoms with E-state index in [0.29, 0.717) is 43.1 Å². The van der Waals surface area contributed by atoms with Crippen LogP contribution in [0.1, 0.15) is 86.8 Å². The number of esters is 1. The molecule has 44 heavy (non-hydrogen) atoms. The number of hydrogen-bond acceptors (Lipinski definition) is 8. The molecule has 1 atom stereocenters. The number of hydrogen-bond donors (Lipinski definition) is 2. The number of fused-ring (bicyclic) bond motifs is 3. The first-order valence-corrected chi connectivity index (χ1v) is 14.4. The minimum Gasteiger partial charge on any atom is -0.486 e. The Morgan fingerprint density at radius 2 is 1.84 bits per heavy atom. The van der Waals surface area contributed by atoms with Gasteiger partial charge in [-0.15, -0.1) is 0 Å². The van der Waals surface area contributed by atoms with Crippen molar-refractivity contribution < 1.29 is 33.0 Å². The molecule has 0 bridgehead atoms. The van der Waals surface area contributed by atoms with Gasteiger partial charge in [-0.1, -0.05) is 12.1 Å². The summed E-state index contributed by atoms with van der Waals surface area (Å²) < 4.78 is 32.4. The maximum absolute atomic E-state index is 14.6. The van der Waals surface area contributed by atoms with Crippen molar-refractivity contribution in [3.05, 3.63) is 87.6 Å². The first-order chi connectivity index (χ1) is 21.0. The summed E-state index contributed by atoms with van der Waals surface area (Å²) in [6, 6.07) is 9.82. The van der Waals surface area contributed by atoms with Crippen LogP contribution in [0, 0.1) is 12.7 Å². The summed E-state index contributed by atoms with van der Waals surface area (Å²) in [5, 5.41) is 9.74. The van der Waals surface area contributed by atoms with E-state index < -0.39 is 29.2 Å². The van der Waals surface area contributed by atoms with Crippen molar-refractivity contribution in [2.45, 2.75) is 58.7 Å². The summed E-state index contributed by atoms with van der Waals surface area (Å²) in [6.07, 6.45) is 2.20. The number of benzene rings is 2. The molecule has 2 aliphatic rings. The van der Waals surface area contributed by atoms with Crippen LogP contribution in [0.3, 0.4) is 0 Å². The van der Waals surface area contributed by atoms with Crippen LogP contribution in [-0.2, 0) is 17.7 Å². The number of rotatable bonds is 6. The van der Waals surface area contributed by atoms with Gasteiger partial charge >= 0.3 is 5.97 Å². The van der Waals surface area contributed by atoms with Gasteiger partial charge in [0.2, 0.25) is 0 Å². The Morgan fingerprint density at radius 3 is 2.61 bits per heavy atom. The SMILES string of the molecule is Cc1c(C(=O)OC(C)(C)C)ccc2c1CC[C@@H]2NC(=O)c1cc(C(=O)NCc2ccc3c(c2)OCCO3)nc2c(F)cnn12. The topological polar surface area (TPSA) is 133 Å². The van der Waals surface area contributed by atoms with Gasteiger partial charge in [-0.25, -0.2) is 18.7 Å². The van der Waals surface area contributed by atoms with Crippen molar-refractivity contribution in [2.24, 2.45) is 0 Å². The minimum absolute atomic E-state index is 0.0427. The van der Waals surface area contributed by atoms with E-state index in [2.05, 4.69) is 20.7 Å². The monoisotopic (exact) mass is 601 g/mol. The number of ether oxygens (including phenoxy) is 3. The summed E-state index contributed by atoms with van der Waals surface area (Å²) in [6.45, 7) is 8.38. The second kappa shape index (κ2) is 11.3. The molecule has 2 N–H and O–H groups in total. The standard InChI is InChI=1S/C32H32FN5O6/c1-17-19-8-9-23(21(19)7-6-20(17)31(41)44-32(2,3)4)37-30(40)25-14-24(36-28-22(33)16-35-38(25)28)29(39)34-15-18-5-10-26-27(13-18)43-12-11-42-26/h5-7,10,13-14,16,23H,8-9,11-12,15H2,1-4H3,(H,34,39)(H,37,40)/t23-/m0/s1. The Bertz CT molecular complexity index is 1810. The summed E-state index contributed by atoms with van der Waals surface area (Å²) >= 11 is 0. The summed E-state index contributed by atoms with van der Waals surface area (Å²) in [4.78, 5) is 43.6. The van der Waals surface area contributed by atoms with Crippen LogP contribution in [0.5, 0.6) is 11.5 Å². The Balaban J connectivity index is 1.21. The first-order valence-electron chi connectivity index (χ1n) is 14.4. The summed E-state index contributed by atoms with van der Waals surface area (Å²) in [7, 11) is 0. The normalized spacial score (nSPS) is 15.5. The minimum atomic E-state index is -0.767. The lowest BCUT2D eigenvalue weighted by Crippen LogP contribution is -2.31. The molecule has 0 spiro atoms. The molecule has 2 aromatic carbocycles. The third-order valence-corrected chi connectivity index (χ3v) is 7.57. The van der Waals surface area contributed by atoms with Gasteiger partial charge in [-0.2, -0.15) is 5.10 Å². The molecule has 3 heterocycles. The maximum Gasteiger partial charge on any atom is 0.338 e. The maximum atomic E-state index is 14.6. The van der Waals surface area contributed by atoms with Gasteiger partial charge in [0.25, 0.3) is 11.8 Å². The van der Waals surface area contributed by atoms with E-state index in [1.165, 1.54) is 6.07 Å². The number of amides is 2. The van der Waals surface area contributed by atoms with E-state index in [0.717, 1.165) is 33.0 Å². The summed E-state index contributed by atoms with van der Waals surface area (Å²) in [5.74, 6) is -1.08. The lowest BCUT2D eigenvalue weighted by atomic mass is 9.97. The van der Waals surface area contributed by atoms with Gasteiger partial charge in [-0.3, -0.25) is 9.59 Å². The second-order valence-electron chi connectivity index (χ2n) is 11.8. The lowest BCUT2D eigenvalue weighted by Gasteiger charge is -2.21. The Morgan fingerprint density at radius 1 is 1.07 bits per heavy atom. The molecule has 0 saturated heterocycles. The van der Waals surface area contributed by atoms with Crippen molar-refractivity contribution in [1.82, 2.24) is 25.2 Å². The van der Waals surface area contributed by atoms with Crippen molar-refractivity contribution >= 4 is 23.4 Å². The fourth-order valence-corrected chi connectivity index (χ4v) is 5.50. The fourth-order valence-electron chi connectivity index (χ4n) is 5.50. The molecule has 11 nitrogen and oxygen atoms in total. The van der Waals surface area contributed by atoms with Crippen molar-refractivity contribution in [2.75, 3.05) is 13.2 Å². The van der Waals surface area contributed by atoms with Crippen molar-refractivity contribution in [3.8, 4) is 11.5 Å². The lowest BCUT2D eigenvalue weighted by molar-refractivity contribution is 0.00683. The van der Waals surface area contributed by atoms with Gasteiger partial charge in [0.15, 0.2) is 23.0 Å². The predicted molar refractivity (Wildman–Crippen MR) is 156 cm³/mol. The number of nitrogens with zero attached hydrogens (tertiary/aromatic N) is 3. The van der Waals surface area contributed by atoms with Crippen LogP contribution < -0.4 is 20.1 Å². The van der Waals surface area contributed by atoms with E-state index in [-0.39, 0.29) is 29.6 Å². The van der Waals surface area contributed by atoms with Gasteiger partial charge in [0.05, 0.1) is 17.8 Å². The predicted octanol–water partition coefficient (Wildman–Crippen LogP) is 4.25. The molecule has 0 unspecified atom stereocenters. The zero-order chi connectivity index (χ0) is 31.2. The summed E-state index contributed by atoms with van der Waals surface area (Å²) in [5.41, 5.74) is 2.88. The van der Waals surface area contributed by atoms with Gasteiger partial charge in [0, 0.05) is 12.6 Å². The molecule has 4 aromatic rings. The quantitative estimate of drug-likeness (QED) is 0.314. The number of carbonyl (C=O) groups excluding carboxylic acids is 3. The van der Waals surface area contributed by atoms with Crippen LogP contribution >= 0.6 is 0 Å². The first kappa shape index (κ1) is 29.1. The highest BCUT2D eigenvalue weighted by molar-refractivity contribution is 5.98. The van der Waals surface area contributed by atoms with E-state index >= 15 is 0 Å². The molecule has 0 radical (unpaired) electrons. The van der Waals surface area contributed by atoms with Crippen molar-refractivity contribution in [3.63, 3.8) is 0 Å². The van der Waals surface area contributed by atoms with E-state index in [9.17, 15) is 18.8 Å². The molecule has 228 valence electrons. The van der Waals surface area contributed by atoms with Gasteiger partial charge in [-0.05, 0) is 81.0 Å². The highest BCUT2D eigenvalue weighted by atomic mass is 19.1. The average Bonchev–Trinajstić information content (AvgIpc) is 3.58. The van der Waals surface area contributed by atoms with Crippen LogP contribution in [0.4, 0.5) is 4.39 Å². The third kappa shape index (κ3) is 5.67. The largest absolute Gasteiger partial charge is 0.486 e. The van der Waals surface area contributed by atoms with Gasteiger partial charge in [0.1, 0.15) is 30.2 Å². The molecule has 1 aliphatic carbocycles. The molecular formula is C32H32FN5O6. The van der Waals surface area contributed by atoms with E-state index in [4.69, 9.17) is 14.2 Å². The zero-order valence-electron chi connectivity index (χ0n) is 24.8. The van der Waals surface area contributed by atoms with E-state index in [1.54, 1.807) is 24.3 Å². The number of nitrogens with one attached hydrogen (secondary N) is 2. The zero-order valence-corrected chi connectivity index (χ0v) is 24.8. The number of aromatic nitrogens is 3. The molecule has 12 heteroatoms. The van der Waals surface area contributed by atoms with Crippen LogP contribution in [0.15, 0.2) is 42.6 Å². The Kier molecular flexibility index (Phi) is 7.44. The number of carbonyl (C=O) groups is 3. The Labute approximate surface area is 252 Å². The molecule has 6 rings (SSSR count). The number of halogens is 1. The molecule has 1 aliphatic heterocycles. The van der Waals surface area contributed by atoms with E-state index in [1.807, 2.05) is 33.8 Å². The highest BCUT2D eigenvalue weighted by Gasteiger charge is 2.30. The smallest absolute Gasteiger partial charge is 0.338 e. The average molecular weight is 602 g/mol. The molecule has 0 saturated carbocycles. The molecular weight excluding hydrogens is 569 g/mol. The Hall–Kier alpha value is -5.00. The molecule has 2 aromatic heterocycles. The fraction of sp³-hybridized carbons (Fsp3) is 0.344. The van der Waals surface area contributed by atoms with Gasteiger partial charge < -0.3 is 24.8 Å². The highest BCUT2D eigenvalue weighted by Crippen LogP contribution is 2.35.